The Morgan fingerprint density at radius 2 is 1.69 bits per heavy atom. The Balaban J connectivity index is 1.73. The Labute approximate surface area is 163 Å². The number of carbonyl (C=O) groups is 2. The molecule has 0 radical (unpaired) electrons. The second-order valence-electron chi connectivity index (χ2n) is 5.91. The van der Waals surface area contributed by atoms with Crippen molar-refractivity contribution in [1.82, 2.24) is 10.6 Å². The van der Waals surface area contributed by atoms with Crippen molar-refractivity contribution in [3.05, 3.63) is 63.1 Å². The molecular formula is C19H21Cl2N3O2. The molecule has 0 aromatic heterocycles. The number of hydrogen-bond donors (Lipinski definition) is 3. The van der Waals surface area contributed by atoms with E-state index >= 15 is 0 Å². The van der Waals surface area contributed by atoms with E-state index in [2.05, 4.69) is 16.0 Å². The van der Waals surface area contributed by atoms with Gasteiger partial charge in [0.2, 0.25) is 5.91 Å². The molecule has 0 aliphatic rings. The molecule has 2 aromatic carbocycles. The molecule has 0 aliphatic carbocycles. The smallest absolute Gasteiger partial charge is 0.315 e. The number of anilines is 1. The van der Waals surface area contributed by atoms with E-state index in [1.54, 1.807) is 12.1 Å². The summed E-state index contributed by atoms with van der Waals surface area (Å²) < 4.78 is 0. The molecule has 0 unspecified atom stereocenters. The van der Waals surface area contributed by atoms with E-state index in [4.69, 9.17) is 23.2 Å². The van der Waals surface area contributed by atoms with Gasteiger partial charge in [-0.05, 0) is 49.1 Å². The standard InChI is InChI=1S/C19H21Cl2N3O2/c1-12-4-3-5-13(2)18(12)24-17(25)11-23-19(26)22-9-8-14-6-7-15(20)10-16(14)21/h3-7,10H,8-9,11H2,1-2H3,(H,24,25)(H2,22,23,26). The lowest BCUT2D eigenvalue weighted by Crippen LogP contribution is -2.40. The number of benzene rings is 2. The van der Waals surface area contributed by atoms with Gasteiger partial charge in [0.25, 0.3) is 0 Å². The summed E-state index contributed by atoms with van der Waals surface area (Å²) in [6, 6.07) is 10.6. The van der Waals surface area contributed by atoms with Crippen LogP contribution in [0, 0.1) is 13.8 Å². The van der Waals surface area contributed by atoms with Gasteiger partial charge in [0, 0.05) is 22.3 Å². The van der Waals surface area contributed by atoms with Crippen molar-refractivity contribution in [2.24, 2.45) is 0 Å². The first-order valence-corrected chi connectivity index (χ1v) is 8.94. The minimum Gasteiger partial charge on any atom is -0.338 e. The van der Waals surface area contributed by atoms with Crippen LogP contribution < -0.4 is 16.0 Å². The molecule has 2 rings (SSSR count). The number of rotatable bonds is 6. The van der Waals surface area contributed by atoms with Crippen molar-refractivity contribution in [2.75, 3.05) is 18.4 Å². The van der Waals surface area contributed by atoms with Crippen LogP contribution in [0.2, 0.25) is 10.0 Å². The summed E-state index contributed by atoms with van der Waals surface area (Å²) >= 11 is 11.9. The molecule has 0 saturated carbocycles. The predicted molar refractivity (Wildman–Crippen MR) is 106 cm³/mol. The lowest BCUT2D eigenvalue weighted by atomic mass is 10.1. The van der Waals surface area contributed by atoms with Crippen LogP contribution in [0.4, 0.5) is 10.5 Å². The molecule has 138 valence electrons. The molecule has 2 aromatic rings. The zero-order chi connectivity index (χ0) is 19.1. The normalized spacial score (nSPS) is 10.3. The zero-order valence-electron chi connectivity index (χ0n) is 14.7. The van der Waals surface area contributed by atoms with Gasteiger partial charge >= 0.3 is 6.03 Å². The van der Waals surface area contributed by atoms with Crippen LogP contribution >= 0.6 is 23.2 Å². The predicted octanol–water partition coefficient (Wildman–Crippen LogP) is 4.09. The Morgan fingerprint density at radius 1 is 1.00 bits per heavy atom. The average Bonchev–Trinajstić information content (AvgIpc) is 2.58. The minimum absolute atomic E-state index is 0.110. The largest absolute Gasteiger partial charge is 0.338 e. The highest BCUT2D eigenvalue weighted by atomic mass is 35.5. The SMILES string of the molecule is Cc1cccc(C)c1NC(=O)CNC(=O)NCCc1ccc(Cl)cc1Cl. The minimum atomic E-state index is -0.410. The monoisotopic (exact) mass is 393 g/mol. The summed E-state index contributed by atoms with van der Waals surface area (Å²) in [6.45, 7) is 4.13. The van der Waals surface area contributed by atoms with E-state index in [-0.39, 0.29) is 12.5 Å². The molecule has 3 N–H and O–H groups in total. The lowest BCUT2D eigenvalue weighted by molar-refractivity contribution is -0.115. The van der Waals surface area contributed by atoms with Crippen LogP contribution in [0.25, 0.3) is 0 Å². The third kappa shape index (κ3) is 5.93. The number of carbonyl (C=O) groups excluding carboxylic acids is 2. The number of hydrogen-bond acceptors (Lipinski definition) is 2. The molecule has 0 spiro atoms. The van der Waals surface area contributed by atoms with E-state index in [1.807, 2.05) is 38.1 Å². The maximum atomic E-state index is 12.0. The molecule has 0 saturated heterocycles. The molecule has 0 fully saturated rings. The number of halogens is 2. The second kappa shape index (κ2) is 9.46. The van der Waals surface area contributed by atoms with Crippen LogP contribution in [0.5, 0.6) is 0 Å². The molecule has 0 aliphatic heterocycles. The molecule has 0 heterocycles. The fourth-order valence-corrected chi connectivity index (χ4v) is 2.96. The van der Waals surface area contributed by atoms with Gasteiger partial charge in [0.05, 0.1) is 6.54 Å². The summed E-state index contributed by atoms with van der Waals surface area (Å²) in [5.74, 6) is -0.279. The molecule has 0 atom stereocenters. The van der Waals surface area contributed by atoms with Gasteiger partial charge in [-0.3, -0.25) is 4.79 Å². The first-order valence-electron chi connectivity index (χ1n) is 8.18. The number of para-hydroxylation sites is 1. The van der Waals surface area contributed by atoms with E-state index in [0.717, 1.165) is 22.4 Å². The maximum absolute atomic E-state index is 12.0. The quantitative estimate of drug-likeness (QED) is 0.691. The molecule has 26 heavy (non-hydrogen) atoms. The Morgan fingerprint density at radius 3 is 2.35 bits per heavy atom. The third-order valence-electron chi connectivity index (χ3n) is 3.85. The molecule has 3 amide bonds. The van der Waals surface area contributed by atoms with Crippen LogP contribution in [-0.2, 0) is 11.2 Å². The lowest BCUT2D eigenvalue weighted by Gasteiger charge is -2.12. The molecule has 0 bridgehead atoms. The van der Waals surface area contributed by atoms with E-state index < -0.39 is 6.03 Å². The maximum Gasteiger partial charge on any atom is 0.315 e. The van der Waals surface area contributed by atoms with Crippen molar-refractivity contribution < 1.29 is 9.59 Å². The summed E-state index contributed by atoms with van der Waals surface area (Å²) in [7, 11) is 0. The number of urea groups is 1. The molecule has 7 heteroatoms. The number of amides is 3. The summed E-state index contributed by atoms with van der Waals surface area (Å²) in [4.78, 5) is 23.8. The highest BCUT2D eigenvalue weighted by Crippen LogP contribution is 2.21. The molecule has 5 nitrogen and oxygen atoms in total. The van der Waals surface area contributed by atoms with Gasteiger partial charge in [0.15, 0.2) is 0 Å². The first-order chi connectivity index (χ1) is 12.4. The van der Waals surface area contributed by atoms with Crippen molar-refractivity contribution >= 4 is 40.8 Å². The second-order valence-corrected chi connectivity index (χ2v) is 6.75. The fourth-order valence-electron chi connectivity index (χ4n) is 2.45. The summed E-state index contributed by atoms with van der Waals surface area (Å²) in [5.41, 5.74) is 3.62. The summed E-state index contributed by atoms with van der Waals surface area (Å²) in [5, 5.41) is 9.18. The van der Waals surface area contributed by atoms with Crippen molar-refractivity contribution in [3.8, 4) is 0 Å². The van der Waals surface area contributed by atoms with Crippen molar-refractivity contribution in [3.63, 3.8) is 0 Å². The Kier molecular flexibility index (Phi) is 7.30. The number of nitrogens with one attached hydrogen (secondary N) is 3. The Hall–Kier alpha value is -2.24. The average molecular weight is 394 g/mol. The van der Waals surface area contributed by atoms with Crippen LogP contribution in [-0.4, -0.2) is 25.0 Å². The van der Waals surface area contributed by atoms with Gasteiger partial charge < -0.3 is 16.0 Å². The fraction of sp³-hybridized carbons (Fsp3) is 0.263. The van der Waals surface area contributed by atoms with Gasteiger partial charge in [-0.2, -0.15) is 0 Å². The first kappa shape index (κ1) is 20.1. The zero-order valence-corrected chi connectivity index (χ0v) is 16.2. The van der Waals surface area contributed by atoms with Gasteiger partial charge in [-0.15, -0.1) is 0 Å². The van der Waals surface area contributed by atoms with E-state index in [0.29, 0.717) is 23.0 Å². The van der Waals surface area contributed by atoms with Gasteiger partial charge in [-0.1, -0.05) is 47.5 Å². The Bertz CT molecular complexity index is 789. The number of aryl methyl sites for hydroxylation is 2. The van der Waals surface area contributed by atoms with Gasteiger partial charge in [-0.25, -0.2) is 4.79 Å². The highest BCUT2D eigenvalue weighted by Gasteiger charge is 2.09. The van der Waals surface area contributed by atoms with Crippen LogP contribution in [0.15, 0.2) is 36.4 Å². The third-order valence-corrected chi connectivity index (χ3v) is 4.44. The van der Waals surface area contributed by atoms with E-state index in [1.165, 1.54) is 0 Å². The molecular weight excluding hydrogens is 373 g/mol. The summed E-state index contributed by atoms with van der Waals surface area (Å²) in [6.07, 6.45) is 0.567. The van der Waals surface area contributed by atoms with Crippen LogP contribution in [0.1, 0.15) is 16.7 Å². The van der Waals surface area contributed by atoms with Crippen molar-refractivity contribution in [1.29, 1.82) is 0 Å². The van der Waals surface area contributed by atoms with E-state index in [9.17, 15) is 9.59 Å². The highest BCUT2D eigenvalue weighted by molar-refractivity contribution is 6.35. The van der Waals surface area contributed by atoms with Gasteiger partial charge in [0.1, 0.15) is 0 Å². The topological polar surface area (TPSA) is 70.2 Å². The van der Waals surface area contributed by atoms with Crippen LogP contribution in [0.3, 0.4) is 0 Å². The van der Waals surface area contributed by atoms with Crippen molar-refractivity contribution in [2.45, 2.75) is 20.3 Å².